The molecule has 16 heavy (non-hydrogen) atoms. The number of hydrogen-bond acceptors (Lipinski definition) is 1. The molecule has 1 nitrogen and oxygen atoms in total. The summed E-state index contributed by atoms with van der Waals surface area (Å²) in [5, 5.41) is 0. The van der Waals surface area contributed by atoms with Crippen molar-refractivity contribution in [1.82, 2.24) is 4.90 Å². The van der Waals surface area contributed by atoms with E-state index in [-0.39, 0.29) is 17.0 Å². The van der Waals surface area contributed by atoms with E-state index < -0.39 is 0 Å². The summed E-state index contributed by atoms with van der Waals surface area (Å²) in [5.74, 6) is 0. The van der Waals surface area contributed by atoms with Gasteiger partial charge in [0, 0.05) is 12.6 Å². The highest BCUT2D eigenvalue weighted by Gasteiger charge is 2.08. The second-order valence-corrected chi connectivity index (χ2v) is 3.94. The number of rotatable bonds is 3. The largest absolute Gasteiger partial charge is 0.371 e. The van der Waals surface area contributed by atoms with E-state index >= 15 is 0 Å². The van der Waals surface area contributed by atoms with Gasteiger partial charge in [0.2, 0.25) is 0 Å². The van der Waals surface area contributed by atoms with E-state index in [1.54, 1.807) is 0 Å². The molecule has 0 radical (unpaired) electrons. The van der Waals surface area contributed by atoms with Crippen LogP contribution in [0.15, 0.2) is 54.8 Å². The average Bonchev–Trinajstić information content (AvgIpc) is 2.29. The van der Waals surface area contributed by atoms with Crippen LogP contribution in [0.4, 0.5) is 0 Å². The Bertz CT molecular complexity index is 356. The Morgan fingerprint density at radius 2 is 1.88 bits per heavy atom. The summed E-state index contributed by atoms with van der Waals surface area (Å²) in [7, 11) is 0. The van der Waals surface area contributed by atoms with Crippen molar-refractivity contribution < 1.29 is 0 Å². The van der Waals surface area contributed by atoms with Crippen molar-refractivity contribution in [3.8, 4) is 0 Å². The molecule has 0 saturated heterocycles. The zero-order valence-electron chi connectivity index (χ0n) is 9.54. The molecule has 1 heterocycles. The van der Waals surface area contributed by atoms with Crippen molar-refractivity contribution in [3.63, 3.8) is 0 Å². The fourth-order valence-corrected chi connectivity index (χ4v) is 1.81. The van der Waals surface area contributed by atoms with Crippen LogP contribution in [0.3, 0.4) is 0 Å². The Morgan fingerprint density at radius 3 is 2.56 bits per heavy atom. The first-order valence-electron chi connectivity index (χ1n) is 5.51. The van der Waals surface area contributed by atoms with Gasteiger partial charge in [0.1, 0.15) is 0 Å². The van der Waals surface area contributed by atoms with Gasteiger partial charge < -0.3 is 4.90 Å². The van der Waals surface area contributed by atoms with Crippen LogP contribution in [0.25, 0.3) is 0 Å². The van der Waals surface area contributed by atoms with Crippen LogP contribution in [0.2, 0.25) is 0 Å². The maximum absolute atomic E-state index is 2.37. The summed E-state index contributed by atoms with van der Waals surface area (Å²) < 4.78 is 0. The lowest BCUT2D eigenvalue weighted by Crippen LogP contribution is -2.29. The first-order chi connectivity index (χ1) is 7.36. The van der Waals surface area contributed by atoms with Gasteiger partial charge in [-0.05, 0) is 31.2 Å². The van der Waals surface area contributed by atoms with E-state index in [0.29, 0.717) is 6.04 Å². The van der Waals surface area contributed by atoms with Crippen molar-refractivity contribution in [2.24, 2.45) is 0 Å². The topological polar surface area (TPSA) is 3.24 Å². The summed E-state index contributed by atoms with van der Waals surface area (Å²) >= 11 is 0. The lowest BCUT2D eigenvalue weighted by atomic mass is 10.1. The Morgan fingerprint density at radius 1 is 1.12 bits per heavy atom. The fraction of sp³-hybridized carbons (Fsp3) is 0.286. The third kappa shape index (κ3) is 3.53. The van der Waals surface area contributed by atoms with Crippen LogP contribution in [0.5, 0.6) is 0 Å². The molecule has 0 N–H and O–H groups in total. The molecular weight excluding hydrogens is 262 g/mol. The molecule has 0 saturated carbocycles. The monoisotopic (exact) mass is 279 g/mol. The minimum absolute atomic E-state index is 0. The lowest BCUT2D eigenvalue weighted by Gasteiger charge is -2.27. The number of allylic oxidation sites excluding steroid dienone is 2. The summed E-state index contributed by atoms with van der Waals surface area (Å²) in [4.78, 5) is 2.37. The van der Waals surface area contributed by atoms with E-state index in [1.165, 1.54) is 5.56 Å². The van der Waals surface area contributed by atoms with Gasteiger partial charge in [-0.25, -0.2) is 0 Å². The van der Waals surface area contributed by atoms with Crippen LogP contribution in [-0.4, -0.2) is 17.5 Å². The summed E-state index contributed by atoms with van der Waals surface area (Å²) in [6, 6.07) is 11.2. The summed E-state index contributed by atoms with van der Waals surface area (Å²) in [6.45, 7) is 3.32. The summed E-state index contributed by atoms with van der Waals surface area (Å²) in [5.41, 5.74) is 1.41. The van der Waals surface area contributed by atoms with Crippen molar-refractivity contribution >= 4 is 17.0 Å². The van der Waals surface area contributed by atoms with Gasteiger partial charge >= 0.3 is 0 Å². The second kappa shape index (κ2) is 6.54. The van der Waals surface area contributed by atoms with Crippen LogP contribution in [0, 0.1) is 0 Å². The normalized spacial score (nSPS) is 18.3. The molecule has 0 fully saturated rings. The highest BCUT2D eigenvalue weighted by molar-refractivity contribution is 8.93. The zero-order valence-corrected chi connectivity index (χ0v) is 11.3. The smallest absolute Gasteiger partial charge is 0.0442 e. The molecule has 1 aliphatic heterocycles. The van der Waals surface area contributed by atoms with Gasteiger partial charge in [0.05, 0.1) is 0 Å². The molecule has 1 aromatic rings. The molecular formula is C14H18BrN. The molecule has 0 amide bonds. The number of halogens is 1. The Labute approximate surface area is 108 Å². The Kier molecular flexibility index (Phi) is 5.33. The van der Waals surface area contributed by atoms with Gasteiger partial charge in [-0.2, -0.15) is 0 Å². The number of nitrogens with zero attached hydrogens (tertiary/aromatic N) is 1. The minimum atomic E-state index is 0. The van der Waals surface area contributed by atoms with Gasteiger partial charge in [-0.1, -0.05) is 42.5 Å². The van der Waals surface area contributed by atoms with Crippen molar-refractivity contribution in [2.75, 3.05) is 6.54 Å². The third-order valence-corrected chi connectivity index (χ3v) is 2.80. The maximum atomic E-state index is 2.37. The molecule has 2 rings (SSSR count). The molecule has 86 valence electrons. The first-order valence-corrected chi connectivity index (χ1v) is 5.51. The van der Waals surface area contributed by atoms with Crippen LogP contribution >= 0.6 is 17.0 Å². The lowest BCUT2D eigenvalue weighted by molar-refractivity contribution is 0.336. The quantitative estimate of drug-likeness (QED) is 0.818. The van der Waals surface area contributed by atoms with E-state index in [1.807, 2.05) is 0 Å². The molecule has 1 aliphatic rings. The molecule has 0 aromatic heterocycles. The van der Waals surface area contributed by atoms with Crippen LogP contribution in [-0.2, 0) is 6.42 Å². The second-order valence-electron chi connectivity index (χ2n) is 3.94. The SMILES string of the molecule is Br.CC1C=CC=CN1CCc1ccccc1. The Hall–Kier alpha value is -1.02. The van der Waals surface area contributed by atoms with E-state index in [4.69, 9.17) is 0 Å². The van der Waals surface area contributed by atoms with Gasteiger partial charge in [0.25, 0.3) is 0 Å². The van der Waals surface area contributed by atoms with Crippen molar-refractivity contribution in [3.05, 3.63) is 60.3 Å². The Balaban J connectivity index is 0.00000128. The maximum Gasteiger partial charge on any atom is 0.0442 e. The standard InChI is InChI=1S/C14H17N.BrH/c1-13-7-5-6-11-15(13)12-10-14-8-3-2-4-9-14;/h2-9,11,13H,10,12H2,1H3;1H. The molecule has 0 bridgehead atoms. The number of hydrogen-bond donors (Lipinski definition) is 0. The first kappa shape index (κ1) is 13.0. The van der Waals surface area contributed by atoms with Gasteiger partial charge in [-0.15, -0.1) is 17.0 Å². The molecule has 1 atom stereocenters. The van der Waals surface area contributed by atoms with E-state index in [9.17, 15) is 0 Å². The molecule has 1 unspecified atom stereocenters. The molecule has 1 aromatic carbocycles. The van der Waals surface area contributed by atoms with E-state index in [0.717, 1.165) is 13.0 Å². The predicted molar refractivity (Wildman–Crippen MR) is 74.9 cm³/mol. The zero-order chi connectivity index (χ0) is 10.5. The third-order valence-electron chi connectivity index (χ3n) is 2.80. The molecule has 0 aliphatic carbocycles. The van der Waals surface area contributed by atoms with Crippen LogP contribution < -0.4 is 0 Å². The molecule has 0 spiro atoms. The number of benzene rings is 1. The average molecular weight is 280 g/mol. The van der Waals surface area contributed by atoms with Crippen molar-refractivity contribution in [2.45, 2.75) is 19.4 Å². The fourth-order valence-electron chi connectivity index (χ4n) is 1.81. The minimum Gasteiger partial charge on any atom is -0.371 e. The van der Waals surface area contributed by atoms with E-state index in [2.05, 4.69) is 66.6 Å². The summed E-state index contributed by atoms with van der Waals surface area (Å²) in [6.07, 6.45) is 9.73. The highest BCUT2D eigenvalue weighted by Crippen LogP contribution is 2.09. The van der Waals surface area contributed by atoms with Crippen LogP contribution in [0.1, 0.15) is 12.5 Å². The predicted octanol–water partition coefficient (Wildman–Crippen LogP) is 3.58. The van der Waals surface area contributed by atoms with Gasteiger partial charge in [0.15, 0.2) is 0 Å². The molecule has 2 heteroatoms. The van der Waals surface area contributed by atoms with Gasteiger partial charge in [-0.3, -0.25) is 0 Å². The van der Waals surface area contributed by atoms with Crippen molar-refractivity contribution in [1.29, 1.82) is 0 Å². The highest BCUT2D eigenvalue weighted by atomic mass is 79.9.